The molecular formula is C17H16N2OS. The van der Waals surface area contributed by atoms with E-state index in [0.29, 0.717) is 5.69 Å². The average Bonchev–Trinajstić information content (AvgIpc) is 3.06. The number of pyridine rings is 1. The van der Waals surface area contributed by atoms with Crippen molar-refractivity contribution in [3.63, 3.8) is 0 Å². The van der Waals surface area contributed by atoms with Gasteiger partial charge in [0, 0.05) is 17.3 Å². The third kappa shape index (κ3) is 2.67. The normalized spacial score (nSPS) is 12.3. The van der Waals surface area contributed by atoms with Crippen molar-refractivity contribution in [3.05, 3.63) is 64.5 Å². The van der Waals surface area contributed by atoms with Crippen LogP contribution in [0.5, 0.6) is 0 Å². The van der Waals surface area contributed by atoms with Crippen LogP contribution in [0.1, 0.15) is 28.3 Å². The van der Waals surface area contributed by atoms with E-state index in [0.717, 1.165) is 10.9 Å². The first-order valence-electron chi connectivity index (χ1n) is 6.83. The highest BCUT2D eigenvalue weighted by Gasteiger charge is 2.20. The number of rotatable bonds is 3. The van der Waals surface area contributed by atoms with E-state index in [-0.39, 0.29) is 11.9 Å². The fourth-order valence-electron chi connectivity index (χ4n) is 2.26. The lowest BCUT2D eigenvalue weighted by molar-refractivity contribution is 0.0739. The summed E-state index contributed by atoms with van der Waals surface area (Å²) in [6, 6.07) is 15.7. The molecule has 1 amide bonds. The summed E-state index contributed by atoms with van der Waals surface area (Å²) < 4.78 is 0. The fourth-order valence-corrected chi connectivity index (χ4v) is 3.09. The van der Waals surface area contributed by atoms with Crippen LogP contribution in [0.15, 0.2) is 53.9 Å². The zero-order valence-corrected chi connectivity index (χ0v) is 12.8. The van der Waals surface area contributed by atoms with Crippen LogP contribution in [-0.2, 0) is 0 Å². The summed E-state index contributed by atoms with van der Waals surface area (Å²) in [7, 11) is 1.82. The number of carbonyl (C=O) groups excluding carboxylic acids is 1. The minimum Gasteiger partial charge on any atom is -0.333 e. The number of hydrogen-bond donors (Lipinski definition) is 0. The molecule has 0 aliphatic rings. The maximum Gasteiger partial charge on any atom is 0.272 e. The van der Waals surface area contributed by atoms with Crippen LogP contribution in [0.25, 0.3) is 10.9 Å². The molecule has 0 radical (unpaired) electrons. The lowest BCUT2D eigenvalue weighted by Crippen LogP contribution is -2.29. The molecule has 1 aromatic carbocycles. The first kappa shape index (κ1) is 13.8. The predicted molar refractivity (Wildman–Crippen MR) is 86.6 cm³/mol. The quantitative estimate of drug-likeness (QED) is 0.728. The van der Waals surface area contributed by atoms with E-state index in [1.54, 1.807) is 22.3 Å². The van der Waals surface area contributed by atoms with E-state index in [2.05, 4.69) is 4.98 Å². The van der Waals surface area contributed by atoms with Crippen molar-refractivity contribution in [1.29, 1.82) is 0 Å². The second-order valence-electron chi connectivity index (χ2n) is 5.00. The molecule has 0 aliphatic carbocycles. The Balaban J connectivity index is 1.89. The summed E-state index contributed by atoms with van der Waals surface area (Å²) in [5.74, 6) is -0.0540. The smallest absolute Gasteiger partial charge is 0.272 e. The van der Waals surface area contributed by atoms with Crippen molar-refractivity contribution < 1.29 is 4.79 Å². The maximum absolute atomic E-state index is 12.6. The molecule has 0 saturated carbocycles. The Morgan fingerprint density at radius 1 is 1.14 bits per heavy atom. The number of thiophene rings is 1. The van der Waals surface area contributed by atoms with Gasteiger partial charge in [0.15, 0.2) is 0 Å². The molecule has 0 saturated heterocycles. The minimum absolute atomic E-state index is 0.0470. The topological polar surface area (TPSA) is 33.2 Å². The van der Waals surface area contributed by atoms with E-state index < -0.39 is 0 Å². The highest BCUT2D eigenvalue weighted by Crippen LogP contribution is 2.24. The van der Waals surface area contributed by atoms with E-state index in [1.165, 1.54) is 4.88 Å². The number of amides is 1. The van der Waals surface area contributed by atoms with Crippen LogP contribution in [0.4, 0.5) is 0 Å². The van der Waals surface area contributed by atoms with Crippen molar-refractivity contribution in [3.8, 4) is 0 Å². The number of aromatic nitrogens is 1. The van der Waals surface area contributed by atoms with Crippen molar-refractivity contribution in [2.24, 2.45) is 0 Å². The molecule has 0 spiro atoms. The van der Waals surface area contributed by atoms with Gasteiger partial charge in [-0.05, 0) is 30.5 Å². The Labute approximate surface area is 127 Å². The van der Waals surface area contributed by atoms with Gasteiger partial charge in [-0.3, -0.25) is 4.79 Å². The van der Waals surface area contributed by atoms with E-state index in [1.807, 2.05) is 61.8 Å². The molecule has 4 heteroatoms. The maximum atomic E-state index is 12.6. The largest absolute Gasteiger partial charge is 0.333 e. The molecule has 2 aromatic heterocycles. The Hall–Kier alpha value is -2.20. The van der Waals surface area contributed by atoms with Crippen LogP contribution in [-0.4, -0.2) is 22.8 Å². The molecule has 21 heavy (non-hydrogen) atoms. The third-order valence-electron chi connectivity index (χ3n) is 3.67. The molecule has 3 rings (SSSR count). The highest BCUT2D eigenvalue weighted by molar-refractivity contribution is 7.10. The van der Waals surface area contributed by atoms with Crippen molar-refractivity contribution in [2.75, 3.05) is 7.05 Å². The van der Waals surface area contributed by atoms with Gasteiger partial charge in [0.1, 0.15) is 5.69 Å². The number of nitrogens with zero attached hydrogens (tertiary/aromatic N) is 2. The minimum atomic E-state index is -0.0540. The second kappa shape index (κ2) is 5.66. The van der Waals surface area contributed by atoms with Gasteiger partial charge < -0.3 is 4.90 Å². The van der Waals surface area contributed by atoms with Gasteiger partial charge in [0.25, 0.3) is 5.91 Å². The first-order chi connectivity index (χ1) is 10.2. The van der Waals surface area contributed by atoms with E-state index in [9.17, 15) is 4.79 Å². The van der Waals surface area contributed by atoms with Gasteiger partial charge in [-0.25, -0.2) is 4.98 Å². The second-order valence-corrected chi connectivity index (χ2v) is 5.98. The number of para-hydroxylation sites is 1. The van der Waals surface area contributed by atoms with Gasteiger partial charge in [0.05, 0.1) is 11.6 Å². The number of benzene rings is 1. The van der Waals surface area contributed by atoms with Crippen molar-refractivity contribution in [2.45, 2.75) is 13.0 Å². The van der Waals surface area contributed by atoms with Gasteiger partial charge in [0.2, 0.25) is 0 Å². The van der Waals surface area contributed by atoms with Crippen molar-refractivity contribution in [1.82, 2.24) is 9.88 Å². The highest BCUT2D eigenvalue weighted by atomic mass is 32.1. The Morgan fingerprint density at radius 2 is 1.95 bits per heavy atom. The molecule has 3 nitrogen and oxygen atoms in total. The molecule has 1 atom stereocenters. The average molecular weight is 296 g/mol. The van der Waals surface area contributed by atoms with Crippen molar-refractivity contribution >= 4 is 28.1 Å². The summed E-state index contributed by atoms with van der Waals surface area (Å²) in [6.07, 6.45) is 0. The molecule has 0 bridgehead atoms. The summed E-state index contributed by atoms with van der Waals surface area (Å²) >= 11 is 1.66. The zero-order valence-electron chi connectivity index (χ0n) is 12.0. The lowest BCUT2D eigenvalue weighted by Gasteiger charge is -2.23. The van der Waals surface area contributed by atoms with Crippen LogP contribution < -0.4 is 0 Å². The molecule has 1 unspecified atom stereocenters. The molecule has 106 valence electrons. The number of carbonyl (C=O) groups is 1. The van der Waals surface area contributed by atoms with Gasteiger partial charge in [-0.15, -0.1) is 11.3 Å². The third-order valence-corrected chi connectivity index (χ3v) is 4.72. The van der Waals surface area contributed by atoms with Crippen LogP contribution in [0, 0.1) is 0 Å². The molecule has 0 N–H and O–H groups in total. The molecule has 2 heterocycles. The van der Waals surface area contributed by atoms with Gasteiger partial charge >= 0.3 is 0 Å². The van der Waals surface area contributed by atoms with E-state index >= 15 is 0 Å². The van der Waals surface area contributed by atoms with E-state index in [4.69, 9.17) is 0 Å². The Morgan fingerprint density at radius 3 is 2.71 bits per heavy atom. The van der Waals surface area contributed by atoms with Gasteiger partial charge in [-0.1, -0.05) is 30.3 Å². The summed E-state index contributed by atoms with van der Waals surface area (Å²) in [4.78, 5) is 20.0. The summed E-state index contributed by atoms with van der Waals surface area (Å²) in [5.41, 5.74) is 1.33. The molecule has 0 fully saturated rings. The lowest BCUT2D eigenvalue weighted by atomic mass is 10.2. The summed E-state index contributed by atoms with van der Waals surface area (Å²) in [5, 5.41) is 3.07. The van der Waals surface area contributed by atoms with Crippen LogP contribution >= 0.6 is 11.3 Å². The molecule has 0 aliphatic heterocycles. The zero-order chi connectivity index (χ0) is 14.8. The fraction of sp³-hybridized carbons (Fsp3) is 0.176. The molecule has 3 aromatic rings. The first-order valence-corrected chi connectivity index (χ1v) is 7.71. The Kier molecular flexibility index (Phi) is 3.71. The standard InChI is InChI=1S/C17H16N2OS/c1-12(16-8-5-11-21-16)19(2)17(20)15-10-9-13-6-3-4-7-14(13)18-15/h3-12H,1-2H3. The van der Waals surface area contributed by atoms with Crippen LogP contribution in [0.2, 0.25) is 0 Å². The monoisotopic (exact) mass is 296 g/mol. The predicted octanol–water partition coefficient (Wildman–Crippen LogP) is 4.13. The number of fused-ring (bicyclic) bond motifs is 1. The summed E-state index contributed by atoms with van der Waals surface area (Å²) in [6.45, 7) is 2.03. The number of hydrogen-bond acceptors (Lipinski definition) is 3. The van der Waals surface area contributed by atoms with Gasteiger partial charge in [-0.2, -0.15) is 0 Å². The Bertz CT molecular complexity index is 767. The molecular weight excluding hydrogens is 280 g/mol. The van der Waals surface area contributed by atoms with Crippen LogP contribution in [0.3, 0.4) is 0 Å². The SMILES string of the molecule is CC(c1cccs1)N(C)C(=O)c1ccc2ccccc2n1.